The van der Waals surface area contributed by atoms with Crippen LogP contribution in [-0.4, -0.2) is 57.9 Å². The SMILES string of the molecule is CNc1nc(C)cc(C(=O)N2CSC[C@@H]2C(=O)NCC2CC2)n1. The Bertz CT molecular complexity index is 620. The normalized spacial score (nSPS) is 20.4. The molecule has 0 aromatic carbocycles. The number of carbonyl (C=O) groups is 2. The molecule has 1 aliphatic carbocycles. The molecule has 8 heteroatoms. The first kappa shape index (κ1) is 16.0. The van der Waals surface area contributed by atoms with E-state index in [2.05, 4.69) is 20.6 Å². The molecule has 124 valence electrons. The minimum atomic E-state index is -0.417. The van der Waals surface area contributed by atoms with Crippen molar-refractivity contribution < 1.29 is 9.59 Å². The Labute approximate surface area is 139 Å². The molecule has 0 bridgehead atoms. The first-order chi connectivity index (χ1) is 11.1. The van der Waals surface area contributed by atoms with Gasteiger partial charge in [-0.15, -0.1) is 11.8 Å². The lowest BCUT2D eigenvalue weighted by molar-refractivity contribution is -0.124. The van der Waals surface area contributed by atoms with Crippen LogP contribution in [0, 0.1) is 12.8 Å². The van der Waals surface area contributed by atoms with Crippen molar-refractivity contribution >= 4 is 29.5 Å². The summed E-state index contributed by atoms with van der Waals surface area (Å²) < 4.78 is 0. The summed E-state index contributed by atoms with van der Waals surface area (Å²) in [4.78, 5) is 35.1. The molecule has 0 radical (unpaired) electrons. The van der Waals surface area contributed by atoms with Crippen LogP contribution in [0.3, 0.4) is 0 Å². The number of aromatic nitrogens is 2. The van der Waals surface area contributed by atoms with Gasteiger partial charge in [0.15, 0.2) is 0 Å². The van der Waals surface area contributed by atoms with Gasteiger partial charge in [-0.3, -0.25) is 9.59 Å². The van der Waals surface area contributed by atoms with Gasteiger partial charge in [-0.2, -0.15) is 0 Å². The van der Waals surface area contributed by atoms with Crippen LogP contribution in [0.15, 0.2) is 6.07 Å². The lowest BCUT2D eigenvalue weighted by Gasteiger charge is -2.23. The average molecular weight is 335 g/mol. The van der Waals surface area contributed by atoms with Gasteiger partial charge in [0.25, 0.3) is 5.91 Å². The molecular weight excluding hydrogens is 314 g/mol. The molecule has 1 saturated heterocycles. The maximum Gasteiger partial charge on any atom is 0.274 e. The second kappa shape index (κ2) is 6.74. The van der Waals surface area contributed by atoms with Crippen molar-refractivity contribution in [2.45, 2.75) is 25.8 Å². The summed E-state index contributed by atoms with van der Waals surface area (Å²) in [7, 11) is 1.71. The van der Waals surface area contributed by atoms with Gasteiger partial charge < -0.3 is 15.5 Å². The molecule has 0 spiro atoms. The van der Waals surface area contributed by atoms with Crippen molar-refractivity contribution in [2.24, 2.45) is 5.92 Å². The van der Waals surface area contributed by atoms with Crippen LogP contribution in [0.2, 0.25) is 0 Å². The second-order valence-electron chi connectivity index (χ2n) is 5.95. The molecular formula is C15H21N5O2S. The molecule has 2 heterocycles. The van der Waals surface area contributed by atoms with E-state index < -0.39 is 6.04 Å². The summed E-state index contributed by atoms with van der Waals surface area (Å²) in [5.74, 6) is 1.90. The molecule has 1 aliphatic heterocycles. The Morgan fingerprint density at radius 3 is 2.87 bits per heavy atom. The number of amides is 2. The molecule has 7 nitrogen and oxygen atoms in total. The maximum atomic E-state index is 12.7. The van der Waals surface area contributed by atoms with E-state index >= 15 is 0 Å². The lowest BCUT2D eigenvalue weighted by Crippen LogP contribution is -2.47. The largest absolute Gasteiger partial charge is 0.357 e. The highest BCUT2D eigenvalue weighted by atomic mass is 32.2. The molecule has 2 N–H and O–H groups in total. The van der Waals surface area contributed by atoms with Crippen LogP contribution >= 0.6 is 11.8 Å². The summed E-state index contributed by atoms with van der Waals surface area (Å²) in [5, 5.41) is 5.82. The van der Waals surface area contributed by atoms with E-state index in [1.165, 1.54) is 12.8 Å². The van der Waals surface area contributed by atoms with Crippen LogP contribution in [-0.2, 0) is 4.79 Å². The number of hydrogen-bond acceptors (Lipinski definition) is 6. The first-order valence-corrected chi connectivity index (χ1v) is 8.94. The van der Waals surface area contributed by atoms with Crippen LogP contribution < -0.4 is 10.6 Å². The zero-order valence-corrected chi connectivity index (χ0v) is 14.2. The fraction of sp³-hybridized carbons (Fsp3) is 0.600. The van der Waals surface area contributed by atoms with E-state index in [0.717, 1.165) is 6.54 Å². The summed E-state index contributed by atoms with van der Waals surface area (Å²) in [6.45, 7) is 2.54. The third-order valence-corrected chi connectivity index (χ3v) is 5.02. The number of nitrogens with zero attached hydrogens (tertiary/aromatic N) is 3. The molecule has 1 atom stereocenters. The third kappa shape index (κ3) is 3.74. The minimum Gasteiger partial charge on any atom is -0.357 e. The summed E-state index contributed by atoms with van der Waals surface area (Å²) in [6.07, 6.45) is 2.38. The zero-order valence-electron chi connectivity index (χ0n) is 13.3. The highest BCUT2D eigenvalue weighted by Gasteiger charge is 2.36. The Morgan fingerprint density at radius 2 is 2.17 bits per heavy atom. The monoisotopic (exact) mass is 335 g/mol. The van der Waals surface area contributed by atoms with Crippen molar-refractivity contribution in [3.63, 3.8) is 0 Å². The standard InChI is InChI=1S/C15H21N5O2S/c1-9-5-11(19-15(16-2)18-9)14(22)20-8-23-7-12(20)13(21)17-6-10-3-4-10/h5,10,12H,3-4,6-8H2,1-2H3,(H,17,21)(H,16,18,19)/t12-/m1/s1. The smallest absolute Gasteiger partial charge is 0.274 e. The highest BCUT2D eigenvalue weighted by molar-refractivity contribution is 7.99. The molecule has 2 aliphatic rings. The second-order valence-corrected chi connectivity index (χ2v) is 6.95. The summed E-state index contributed by atoms with van der Waals surface area (Å²) >= 11 is 1.59. The van der Waals surface area contributed by atoms with Crippen LogP contribution in [0.4, 0.5) is 5.95 Å². The lowest BCUT2D eigenvalue weighted by atomic mass is 10.2. The molecule has 1 saturated carbocycles. The van der Waals surface area contributed by atoms with Crippen molar-refractivity contribution in [1.29, 1.82) is 0 Å². The van der Waals surface area contributed by atoms with Gasteiger partial charge in [-0.05, 0) is 31.7 Å². The van der Waals surface area contributed by atoms with E-state index in [-0.39, 0.29) is 11.8 Å². The summed E-state index contributed by atoms with van der Waals surface area (Å²) in [5.41, 5.74) is 1.04. The average Bonchev–Trinajstić information content (AvgIpc) is 3.25. The first-order valence-electron chi connectivity index (χ1n) is 7.78. The van der Waals surface area contributed by atoms with Gasteiger partial charge in [0.1, 0.15) is 11.7 Å². The minimum absolute atomic E-state index is 0.0603. The number of nitrogens with one attached hydrogen (secondary N) is 2. The molecule has 1 aromatic rings. The molecule has 23 heavy (non-hydrogen) atoms. The third-order valence-electron chi connectivity index (χ3n) is 4.00. The molecule has 3 rings (SSSR count). The van der Waals surface area contributed by atoms with Gasteiger partial charge in [-0.1, -0.05) is 0 Å². The van der Waals surface area contributed by atoms with Gasteiger partial charge in [0.2, 0.25) is 11.9 Å². The van der Waals surface area contributed by atoms with E-state index in [0.29, 0.717) is 34.9 Å². The fourth-order valence-electron chi connectivity index (χ4n) is 2.48. The molecule has 2 fully saturated rings. The number of anilines is 1. The fourth-order valence-corrected chi connectivity index (χ4v) is 3.64. The number of hydrogen-bond donors (Lipinski definition) is 2. The van der Waals surface area contributed by atoms with E-state index in [4.69, 9.17) is 0 Å². The van der Waals surface area contributed by atoms with Crippen molar-refractivity contribution in [2.75, 3.05) is 30.5 Å². The van der Waals surface area contributed by atoms with Crippen molar-refractivity contribution in [1.82, 2.24) is 20.2 Å². The molecule has 1 aromatic heterocycles. The van der Waals surface area contributed by atoms with E-state index in [1.54, 1.807) is 29.8 Å². The predicted molar refractivity (Wildman–Crippen MR) is 89.3 cm³/mol. The Balaban J connectivity index is 1.72. The van der Waals surface area contributed by atoms with Gasteiger partial charge >= 0.3 is 0 Å². The van der Waals surface area contributed by atoms with Crippen LogP contribution in [0.1, 0.15) is 29.0 Å². The van der Waals surface area contributed by atoms with Crippen molar-refractivity contribution in [3.05, 3.63) is 17.5 Å². The Morgan fingerprint density at radius 1 is 1.39 bits per heavy atom. The van der Waals surface area contributed by atoms with Crippen LogP contribution in [0.5, 0.6) is 0 Å². The van der Waals surface area contributed by atoms with Gasteiger partial charge in [0.05, 0.1) is 5.88 Å². The molecule has 2 amide bonds. The number of rotatable bonds is 5. The zero-order chi connectivity index (χ0) is 16.4. The predicted octanol–water partition coefficient (Wildman–Crippen LogP) is 0.868. The topological polar surface area (TPSA) is 87.2 Å². The number of aryl methyl sites for hydroxylation is 1. The number of carbonyl (C=O) groups excluding carboxylic acids is 2. The van der Waals surface area contributed by atoms with Crippen LogP contribution in [0.25, 0.3) is 0 Å². The van der Waals surface area contributed by atoms with Gasteiger partial charge in [0, 0.05) is 25.0 Å². The Hall–Kier alpha value is -1.83. The Kier molecular flexibility index (Phi) is 4.70. The maximum absolute atomic E-state index is 12.7. The quantitative estimate of drug-likeness (QED) is 0.830. The van der Waals surface area contributed by atoms with Crippen molar-refractivity contribution in [3.8, 4) is 0 Å². The molecule has 0 unspecified atom stereocenters. The highest BCUT2D eigenvalue weighted by Crippen LogP contribution is 2.28. The summed E-state index contributed by atoms with van der Waals surface area (Å²) in [6, 6.07) is 1.24. The van der Waals surface area contributed by atoms with Gasteiger partial charge in [-0.25, -0.2) is 9.97 Å². The van der Waals surface area contributed by atoms with E-state index in [9.17, 15) is 9.59 Å². The number of thioether (sulfide) groups is 1. The van der Waals surface area contributed by atoms with E-state index in [1.807, 2.05) is 6.92 Å².